The van der Waals surface area contributed by atoms with Crippen LogP contribution in [0.1, 0.15) is 36.6 Å². The highest BCUT2D eigenvalue weighted by Gasteiger charge is 2.46. The molecule has 1 heterocycles. The summed E-state index contributed by atoms with van der Waals surface area (Å²) < 4.78 is 5.25. The molecule has 31 heavy (non-hydrogen) atoms. The van der Waals surface area contributed by atoms with Crippen molar-refractivity contribution in [3.8, 4) is 5.75 Å². The number of quaternary nitrogens is 1. The third-order valence-electron chi connectivity index (χ3n) is 6.00. The first-order valence-corrected chi connectivity index (χ1v) is 10.7. The fourth-order valence-electron chi connectivity index (χ4n) is 3.99. The van der Waals surface area contributed by atoms with Crippen molar-refractivity contribution >= 4 is 17.4 Å². The van der Waals surface area contributed by atoms with Crippen LogP contribution in [0.5, 0.6) is 5.75 Å². The summed E-state index contributed by atoms with van der Waals surface area (Å²) in [6.45, 7) is 9.21. The summed E-state index contributed by atoms with van der Waals surface area (Å²) in [5, 5.41) is 11.1. The molecule has 164 valence electrons. The van der Waals surface area contributed by atoms with Gasteiger partial charge in [-0.25, -0.2) is 0 Å². The molecule has 0 unspecified atom stereocenters. The molecule has 0 aromatic heterocycles. The summed E-state index contributed by atoms with van der Waals surface area (Å²) in [7, 11) is 1.59. The van der Waals surface area contributed by atoms with Crippen LogP contribution in [0, 0.1) is 6.92 Å². The second-order valence-corrected chi connectivity index (χ2v) is 7.84. The van der Waals surface area contributed by atoms with Gasteiger partial charge < -0.3 is 19.6 Å². The highest BCUT2D eigenvalue weighted by Crippen LogP contribution is 2.39. The number of hydrogen-bond donors (Lipinski definition) is 2. The van der Waals surface area contributed by atoms with Crippen LogP contribution in [0.2, 0.25) is 0 Å². The van der Waals surface area contributed by atoms with Gasteiger partial charge in [0.05, 0.1) is 44.9 Å². The minimum atomic E-state index is -0.645. The van der Waals surface area contributed by atoms with Gasteiger partial charge in [-0.3, -0.25) is 9.59 Å². The number of amides is 1. The number of aryl methyl sites for hydroxylation is 1. The average Bonchev–Trinajstić information content (AvgIpc) is 3.04. The number of aliphatic hydroxyl groups is 1. The van der Waals surface area contributed by atoms with Crippen LogP contribution < -0.4 is 9.64 Å². The Balaban J connectivity index is 2.08. The lowest BCUT2D eigenvalue weighted by Gasteiger charge is -2.27. The van der Waals surface area contributed by atoms with E-state index in [1.165, 1.54) is 4.90 Å². The van der Waals surface area contributed by atoms with Gasteiger partial charge in [-0.2, -0.15) is 0 Å². The van der Waals surface area contributed by atoms with Crippen molar-refractivity contribution in [1.82, 2.24) is 4.90 Å². The monoisotopic (exact) mass is 423 g/mol. The number of likely N-dealkylation sites (N-methyl/N-ethyl adjacent to an activating group) is 1. The third kappa shape index (κ3) is 4.64. The van der Waals surface area contributed by atoms with Crippen molar-refractivity contribution in [2.24, 2.45) is 0 Å². The van der Waals surface area contributed by atoms with Crippen LogP contribution in [-0.2, 0) is 9.59 Å². The summed E-state index contributed by atoms with van der Waals surface area (Å²) >= 11 is 0. The van der Waals surface area contributed by atoms with E-state index in [0.29, 0.717) is 17.9 Å². The fourth-order valence-corrected chi connectivity index (χ4v) is 3.99. The van der Waals surface area contributed by atoms with E-state index in [9.17, 15) is 14.7 Å². The van der Waals surface area contributed by atoms with Gasteiger partial charge in [-0.05, 0) is 38.5 Å². The Morgan fingerprint density at radius 3 is 2.19 bits per heavy atom. The molecule has 1 saturated heterocycles. The molecule has 3 rings (SSSR count). The first-order chi connectivity index (χ1) is 14.9. The van der Waals surface area contributed by atoms with Gasteiger partial charge in [0.15, 0.2) is 0 Å². The largest absolute Gasteiger partial charge is 0.507 e. The number of carbonyl (C=O) groups is 2. The summed E-state index contributed by atoms with van der Waals surface area (Å²) in [6.07, 6.45) is 0. The summed E-state index contributed by atoms with van der Waals surface area (Å²) in [4.78, 5) is 29.0. The van der Waals surface area contributed by atoms with Crippen LogP contribution in [0.3, 0.4) is 0 Å². The standard InChI is InChI=1S/C25H30N2O4/c1-5-26(6-2)15-16-27-22(18-11-13-20(31-4)14-12-18)21(24(29)25(27)30)23(28)19-9-7-17(3)8-10-19/h7-14,22,28H,5-6,15-16H2,1-4H3/p+1/t22-/m1/s1. The van der Waals surface area contributed by atoms with Crippen molar-refractivity contribution < 1.29 is 24.3 Å². The molecule has 1 atom stereocenters. The van der Waals surface area contributed by atoms with E-state index in [0.717, 1.165) is 30.8 Å². The number of carbonyl (C=O) groups excluding carboxylic acids is 2. The first-order valence-electron chi connectivity index (χ1n) is 10.7. The lowest BCUT2D eigenvalue weighted by Crippen LogP contribution is -3.12. The van der Waals surface area contributed by atoms with Gasteiger partial charge in [0.25, 0.3) is 11.7 Å². The van der Waals surface area contributed by atoms with E-state index >= 15 is 0 Å². The Bertz CT molecular complexity index is 960. The molecule has 0 saturated carbocycles. The summed E-state index contributed by atoms with van der Waals surface area (Å²) in [5.74, 6) is -0.668. The molecule has 6 nitrogen and oxygen atoms in total. The van der Waals surface area contributed by atoms with Gasteiger partial charge in [0.2, 0.25) is 0 Å². The van der Waals surface area contributed by atoms with Gasteiger partial charge in [-0.15, -0.1) is 0 Å². The Kier molecular flexibility index (Phi) is 7.13. The number of ketones is 1. The quantitative estimate of drug-likeness (QED) is 0.389. The molecule has 1 aliphatic heterocycles. The molecule has 2 aromatic carbocycles. The van der Waals surface area contributed by atoms with E-state index in [1.807, 2.05) is 31.2 Å². The molecule has 0 radical (unpaired) electrons. The van der Waals surface area contributed by atoms with Gasteiger partial charge in [0.1, 0.15) is 11.5 Å². The number of nitrogens with zero attached hydrogens (tertiary/aromatic N) is 1. The maximum Gasteiger partial charge on any atom is 0.295 e. The highest BCUT2D eigenvalue weighted by molar-refractivity contribution is 6.46. The zero-order chi connectivity index (χ0) is 22.5. The number of aliphatic hydroxyl groups excluding tert-OH is 1. The van der Waals surface area contributed by atoms with E-state index in [-0.39, 0.29) is 11.3 Å². The van der Waals surface area contributed by atoms with Crippen molar-refractivity contribution in [2.75, 3.05) is 33.3 Å². The third-order valence-corrected chi connectivity index (χ3v) is 6.00. The summed E-state index contributed by atoms with van der Waals surface area (Å²) in [6, 6.07) is 13.9. The Morgan fingerprint density at radius 1 is 1.03 bits per heavy atom. The zero-order valence-electron chi connectivity index (χ0n) is 18.6. The number of rotatable bonds is 8. The molecular formula is C25H31N2O4+. The van der Waals surface area contributed by atoms with Crippen LogP contribution in [-0.4, -0.2) is 55.0 Å². The molecule has 2 aromatic rings. The minimum absolute atomic E-state index is 0.133. The number of methoxy groups -OCH3 is 1. The maximum atomic E-state index is 13.0. The minimum Gasteiger partial charge on any atom is -0.507 e. The SMILES string of the molecule is CC[NH+](CC)CCN1C(=O)C(=O)C(=C(O)c2ccc(C)cc2)[C@H]1c1ccc(OC)cc1. The number of likely N-dealkylation sites (tertiary alicyclic amines) is 1. The molecule has 1 amide bonds. The first kappa shape index (κ1) is 22.6. The zero-order valence-corrected chi connectivity index (χ0v) is 18.6. The number of hydrogen-bond acceptors (Lipinski definition) is 4. The van der Waals surface area contributed by atoms with E-state index < -0.39 is 17.7 Å². The molecular weight excluding hydrogens is 392 g/mol. The van der Waals surface area contributed by atoms with Crippen LogP contribution in [0.4, 0.5) is 0 Å². The predicted molar refractivity (Wildman–Crippen MR) is 120 cm³/mol. The second-order valence-electron chi connectivity index (χ2n) is 7.84. The molecule has 1 aliphatic rings. The molecule has 2 N–H and O–H groups in total. The summed E-state index contributed by atoms with van der Waals surface area (Å²) in [5.41, 5.74) is 2.47. The van der Waals surface area contributed by atoms with Crippen LogP contribution in [0.25, 0.3) is 5.76 Å². The lowest BCUT2D eigenvalue weighted by molar-refractivity contribution is -0.895. The Labute approximate surface area is 183 Å². The lowest BCUT2D eigenvalue weighted by atomic mass is 9.95. The number of benzene rings is 2. The van der Waals surface area contributed by atoms with Gasteiger partial charge in [-0.1, -0.05) is 42.0 Å². The maximum absolute atomic E-state index is 13.0. The van der Waals surface area contributed by atoms with Crippen molar-refractivity contribution in [3.63, 3.8) is 0 Å². The number of nitrogens with one attached hydrogen (secondary N) is 1. The van der Waals surface area contributed by atoms with Crippen molar-refractivity contribution in [1.29, 1.82) is 0 Å². The van der Waals surface area contributed by atoms with Crippen LogP contribution >= 0.6 is 0 Å². The average molecular weight is 424 g/mol. The van der Waals surface area contributed by atoms with Gasteiger partial charge in [0, 0.05) is 5.56 Å². The van der Waals surface area contributed by atoms with E-state index in [4.69, 9.17) is 4.74 Å². The molecule has 0 bridgehead atoms. The molecule has 0 aliphatic carbocycles. The second kappa shape index (κ2) is 9.79. The number of Topliss-reactive ketones (excluding diaryl/α,β-unsaturated/α-hetero) is 1. The smallest absolute Gasteiger partial charge is 0.295 e. The topological polar surface area (TPSA) is 71.3 Å². The molecule has 1 fully saturated rings. The van der Waals surface area contributed by atoms with Crippen LogP contribution in [0.15, 0.2) is 54.1 Å². The highest BCUT2D eigenvalue weighted by atomic mass is 16.5. The van der Waals surface area contributed by atoms with Crippen molar-refractivity contribution in [2.45, 2.75) is 26.8 Å². The van der Waals surface area contributed by atoms with Gasteiger partial charge >= 0.3 is 0 Å². The normalized spacial score (nSPS) is 18.1. The number of ether oxygens (including phenoxy) is 1. The Morgan fingerprint density at radius 2 is 1.65 bits per heavy atom. The Hall–Kier alpha value is -3.12. The van der Waals surface area contributed by atoms with E-state index in [2.05, 4.69) is 13.8 Å². The van der Waals surface area contributed by atoms with E-state index in [1.54, 1.807) is 36.3 Å². The molecule has 0 spiro atoms. The van der Waals surface area contributed by atoms with Crippen molar-refractivity contribution in [3.05, 3.63) is 70.8 Å². The molecule has 6 heteroatoms. The fraction of sp³-hybridized carbons (Fsp3) is 0.360. The predicted octanol–water partition coefficient (Wildman–Crippen LogP) is 2.35.